The Bertz CT molecular complexity index is 430. The Kier molecular flexibility index (Phi) is 4.56. The van der Waals surface area contributed by atoms with Gasteiger partial charge in [-0.05, 0) is 44.0 Å². The normalized spacial score (nSPS) is 21.3. The number of carbonyl (C=O) groups is 1. The van der Waals surface area contributed by atoms with Crippen LogP contribution in [0, 0.1) is 0 Å². The molecule has 0 aliphatic carbocycles. The third kappa shape index (κ3) is 3.33. The standard InChI is InChI=1S/C15H21NO3/c1-3-19-15(18)14(17)12-6-4-11(5-7-12)13-8-9-16(2)10-13/h4-7,13-14,17H,3,8-10H2,1-2H3. The van der Waals surface area contributed by atoms with Crippen molar-refractivity contribution in [3.63, 3.8) is 0 Å². The molecule has 0 saturated carbocycles. The monoisotopic (exact) mass is 263 g/mol. The summed E-state index contributed by atoms with van der Waals surface area (Å²) >= 11 is 0. The van der Waals surface area contributed by atoms with Gasteiger partial charge in [-0.15, -0.1) is 0 Å². The van der Waals surface area contributed by atoms with Crippen molar-refractivity contribution in [2.45, 2.75) is 25.4 Å². The van der Waals surface area contributed by atoms with Gasteiger partial charge in [0.05, 0.1) is 6.61 Å². The van der Waals surface area contributed by atoms with E-state index in [1.54, 1.807) is 6.92 Å². The molecule has 1 saturated heterocycles. The van der Waals surface area contributed by atoms with Crippen LogP contribution in [0.2, 0.25) is 0 Å². The number of nitrogens with zero attached hydrogens (tertiary/aromatic N) is 1. The summed E-state index contributed by atoms with van der Waals surface area (Å²) in [5.74, 6) is -0.0327. The molecule has 1 aliphatic rings. The molecule has 0 aromatic heterocycles. The molecule has 1 fully saturated rings. The second-order valence-electron chi connectivity index (χ2n) is 5.07. The van der Waals surface area contributed by atoms with E-state index in [9.17, 15) is 9.90 Å². The van der Waals surface area contributed by atoms with Gasteiger partial charge in [-0.1, -0.05) is 24.3 Å². The maximum atomic E-state index is 11.4. The van der Waals surface area contributed by atoms with Gasteiger partial charge in [0.25, 0.3) is 0 Å². The van der Waals surface area contributed by atoms with E-state index in [0.29, 0.717) is 11.5 Å². The number of hydrogen-bond donors (Lipinski definition) is 1. The molecule has 1 N–H and O–H groups in total. The fourth-order valence-electron chi connectivity index (χ4n) is 2.51. The van der Waals surface area contributed by atoms with Gasteiger partial charge in [-0.2, -0.15) is 0 Å². The SMILES string of the molecule is CCOC(=O)C(O)c1ccc(C2CCN(C)C2)cc1. The van der Waals surface area contributed by atoms with Gasteiger partial charge < -0.3 is 14.7 Å². The minimum atomic E-state index is -1.18. The van der Waals surface area contributed by atoms with Crippen LogP contribution in [0.3, 0.4) is 0 Å². The topological polar surface area (TPSA) is 49.8 Å². The van der Waals surface area contributed by atoms with E-state index in [1.807, 2.05) is 24.3 Å². The molecule has 1 aromatic carbocycles. The number of esters is 1. The maximum absolute atomic E-state index is 11.4. The molecule has 0 bridgehead atoms. The number of hydrogen-bond acceptors (Lipinski definition) is 4. The highest BCUT2D eigenvalue weighted by Crippen LogP contribution is 2.27. The molecule has 1 aromatic rings. The van der Waals surface area contributed by atoms with Gasteiger partial charge in [-0.3, -0.25) is 0 Å². The van der Waals surface area contributed by atoms with E-state index in [2.05, 4.69) is 11.9 Å². The predicted octanol–water partition coefficient (Wildman–Crippen LogP) is 1.70. The zero-order chi connectivity index (χ0) is 13.8. The molecule has 19 heavy (non-hydrogen) atoms. The molecule has 2 atom stereocenters. The Balaban J connectivity index is 2.04. The van der Waals surface area contributed by atoms with Crippen molar-refractivity contribution in [1.29, 1.82) is 0 Å². The van der Waals surface area contributed by atoms with Gasteiger partial charge in [0.1, 0.15) is 0 Å². The fourth-order valence-corrected chi connectivity index (χ4v) is 2.51. The van der Waals surface area contributed by atoms with Crippen LogP contribution in [-0.2, 0) is 9.53 Å². The van der Waals surface area contributed by atoms with Crippen LogP contribution in [0.1, 0.15) is 36.5 Å². The van der Waals surface area contributed by atoms with Gasteiger partial charge in [0.2, 0.25) is 0 Å². The van der Waals surface area contributed by atoms with Crippen LogP contribution >= 0.6 is 0 Å². The highest BCUT2D eigenvalue weighted by Gasteiger charge is 2.22. The first-order valence-corrected chi connectivity index (χ1v) is 6.75. The lowest BCUT2D eigenvalue weighted by molar-refractivity contribution is -0.153. The summed E-state index contributed by atoms with van der Waals surface area (Å²) in [5, 5.41) is 9.84. The number of rotatable bonds is 4. The summed E-state index contributed by atoms with van der Waals surface area (Å²) in [4.78, 5) is 13.8. The van der Waals surface area contributed by atoms with Gasteiger partial charge in [0, 0.05) is 6.54 Å². The van der Waals surface area contributed by atoms with E-state index in [1.165, 1.54) is 5.56 Å². The minimum absolute atomic E-state index is 0.280. The van der Waals surface area contributed by atoms with Crippen molar-refractivity contribution in [1.82, 2.24) is 4.90 Å². The van der Waals surface area contributed by atoms with Crippen LogP contribution in [0.5, 0.6) is 0 Å². The zero-order valence-electron chi connectivity index (χ0n) is 11.5. The molecular formula is C15H21NO3. The Morgan fingerprint density at radius 2 is 2.16 bits per heavy atom. The number of aliphatic hydroxyl groups is 1. The summed E-state index contributed by atoms with van der Waals surface area (Å²) < 4.78 is 4.81. The van der Waals surface area contributed by atoms with Crippen LogP contribution in [0.25, 0.3) is 0 Å². The molecule has 0 spiro atoms. The minimum Gasteiger partial charge on any atom is -0.464 e. The predicted molar refractivity (Wildman–Crippen MR) is 72.9 cm³/mol. The smallest absolute Gasteiger partial charge is 0.339 e. The molecule has 1 aliphatic heterocycles. The highest BCUT2D eigenvalue weighted by atomic mass is 16.5. The van der Waals surface area contributed by atoms with Crippen molar-refractivity contribution in [3.05, 3.63) is 35.4 Å². The van der Waals surface area contributed by atoms with Gasteiger partial charge >= 0.3 is 5.97 Å². The highest BCUT2D eigenvalue weighted by molar-refractivity contribution is 5.76. The average molecular weight is 263 g/mol. The number of benzene rings is 1. The van der Waals surface area contributed by atoms with Crippen molar-refractivity contribution in [2.24, 2.45) is 0 Å². The van der Waals surface area contributed by atoms with Crippen LogP contribution in [0.15, 0.2) is 24.3 Å². The van der Waals surface area contributed by atoms with Gasteiger partial charge in [0.15, 0.2) is 6.10 Å². The summed E-state index contributed by atoms with van der Waals surface area (Å²) in [5.41, 5.74) is 1.86. The fraction of sp³-hybridized carbons (Fsp3) is 0.533. The van der Waals surface area contributed by atoms with E-state index < -0.39 is 12.1 Å². The Hall–Kier alpha value is -1.39. The number of likely N-dealkylation sites (tertiary alicyclic amines) is 1. The summed E-state index contributed by atoms with van der Waals surface area (Å²) in [6.07, 6.45) is -0.0173. The quantitative estimate of drug-likeness (QED) is 0.840. The van der Waals surface area contributed by atoms with Crippen LogP contribution in [-0.4, -0.2) is 42.7 Å². The zero-order valence-corrected chi connectivity index (χ0v) is 11.5. The van der Waals surface area contributed by atoms with E-state index in [4.69, 9.17) is 4.74 Å². The van der Waals surface area contributed by atoms with E-state index in [-0.39, 0.29) is 6.61 Å². The van der Waals surface area contributed by atoms with E-state index in [0.717, 1.165) is 19.5 Å². The Morgan fingerprint density at radius 3 is 2.68 bits per heavy atom. The molecule has 2 rings (SSSR count). The molecule has 1 heterocycles. The van der Waals surface area contributed by atoms with Crippen molar-refractivity contribution < 1.29 is 14.6 Å². The van der Waals surface area contributed by atoms with Crippen LogP contribution < -0.4 is 0 Å². The van der Waals surface area contributed by atoms with E-state index >= 15 is 0 Å². The lowest BCUT2D eigenvalue weighted by Crippen LogP contribution is -2.15. The second-order valence-corrected chi connectivity index (χ2v) is 5.07. The third-order valence-electron chi connectivity index (χ3n) is 3.62. The Morgan fingerprint density at radius 1 is 1.47 bits per heavy atom. The second kappa shape index (κ2) is 6.17. The number of carbonyl (C=O) groups excluding carboxylic acids is 1. The lowest BCUT2D eigenvalue weighted by atomic mass is 9.96. The largest absolute Gasteiger partial charge is 0.464 e. The molecule has 104 valence electrons. The first-order chi connectivity index (χ1) is 9.11. The summed E-state index contributed by atoms with van der Waals surface area (Å²) in [6.45, 7) is 4.20. The number of ether oxygens (including phenoxy) is 1. The van der Waals surface area contributed by atoms with Crippen molar-refractivity contribution in [2.75, 3.05) is 26.7 Å². The van der Waals surface area contributed by atoms with Crippen molar-refractivity contribution in [3.8, 4) is 0 Å². The molecule has 0 radical (unpaired) electrons. The summed E-state index contributed by atoms with van der Waals surface area (Å²) in [7, 11) is 2.12. The number of aliphatic hydroxyl groups excluding tert-OH is 1. The van der Waals surface area contributed by atoms with Gasteiger partial charge in [-0.25, -0.2) is 4.79 Å². The average Bonchev–Trinajstić information content (AvgIpc) is 2.85. The van der Waals surface area contributed by atoms with Crippen LogP contribution in [0.4, 0.5) is 0 Å². The first-order valence-electron chi connectivity index (χ1n) is 6.75. The maximum Gasteiger partial charge on any atom is 0.339 e. The first kappa shape index (κ1) is 14.0. The van der Waals surface area contributed by atoms with Crippen molar-refractivity contribution >= 4 is 5.97 Å². The summed E-state index contributed by atoms with van der Waals surface area (Å²) in [6, 6.07) is 7.63. The molecule has 0 amide bonds. The molecule has 4 heteroatoms. The lowest BCUT2D eigenvalue weighted by Gasteiger charge is -2.13. The molecule has 4 nitrogen and oxygen atoms in total. The molecule has 2 unspecified atom stereocenters. The number of likely N-dealkylation sites (N-methyl/N-ethyl adjacent to an activating group) is 1. The third-order valence-corrected chi connectivity index (χ3v) is 3.62. The Labute approximate surface area is 114 Å². The molecular weight excluding hydrogens is 242 g/mol.